The highest BCUT2D eigenvalue weighted by Gasteiger charge is 2.12. The lowest BCUT2D eigenvalue weighted by Crippen LogP contribution is -2.28. The van der Waals surface area contributed by atoms with E-state index < -0.39 is 0 Å². The lowest BCUT2D eigenvalue weighted by Gasteiger charge is -2.19. The van der Waals surface area contributed by atoms with Crippen molar-refractivity contribution in [2.45, 2.75) is 13.5 Å². The molecule has 1 aliphatic rings. The van der Waals surface area contributed by atoms with Gasteiger partial charge in [-0.2, -0.15) is 0 Å². The number of hydrogen-bond donors (Lipinski definition) is 2. The Morgan fingerprint density at radius 3 is 2.70 bits per heavy atom. The summed E-state index contributed by atoms with van der Waals surface area (Å²) in [5, 5.41) is 5.63. The van der Waals surface area contributed by atoms with Gasteiger partial charge in [0.25, 0.3) is 0 Å². The average molecular weight is 377 g/mol. The van der Waals surface area contributed by atoms with Crippen LogP contribution in [0.3, 0.4) is 0 Å². The Morgan fingerprint density at radius 2 is 1.91 bits per heavy atom. The summed E-state index contributed by atoms with van der Waals surface area (Å²) in [5.74, 6) is 1.47. The van der Waals surface area contributed by atoms with Crippen LogP contribution in [0.15, 0.2) is 40.9 Å². The molecule has 2 aromatic carbocycles. The van der Waals surface area contributed by atoms with Gasteiger partial charge in [0, 0.05) is 16.7 Å². The highest BCUT2D eigenvalue weighted by molar-refractivity contribution is 9.10. The number of benzene rings is 2. The van der Waals surface area contributed by atoms with Crippen molar-refractivity contribution < 1.29 is 14.3 Å². The number of rotatable bonds is 3. The second-order valence-corrected chi connectivity index (χ2v) is 6.10. The lowest BCUT2D eigenvalue weighted by atomic mass is 10.2. The van der Waals surface area contributed by atoms with E-state index in [9.17, 15) is 4.79 Å². The minimum Gasteiger partial charge on any atom is -0.486 e. The van der Waals surface area contributed by atoms with E-state index >= 15 is 0 Å². The van der Waals surface area contributed by atoms with Crippen LogP contribution in [0, 0.1) is 6.92 Å². The Kier molecular flexibility index (Phi) is 4.71. The van der Waals surface area contributed by atoms with Gasteiger partial charge in [-0.05, 0) is 42.3 Å². The predicted molar refractivity (Wildman–Crippen MR) is 92.2 cm³/mol. The molecule has 0 radical (unpaired) electrons. The fraction of sp³-hybridized carbons (Fsp3) is 0.235. The molecule has 5 nitrogen and oxygen atoms in total. The lowest BCUT2D eigenvalue weighted by molar-refractivity contribution is 0.171. The Labute approximate surface area is 143 Å². The molecule has 1 heterocycles. The van der Waals surface area contributed by atoms with Gasteiger partial charge in [-0.25, -0.2) is 4.79 Å². The summed E-state index contributed by atoms with van der Waals surface area (Å²) in [5.41, 5.74) is 2.81. The number of aryl methyl sites for hydroxylation is 1. The van der Waals surface area contributed by atoms with E-state index in [4.69, 9.17) is 9.47 Å². The number of carbonyl (C=O) groups is 1. The van der Waals surface area contributed by atoms with Crippen LogP contribution in [0.2, 0.25) is 0 Å². The molecule has 2 amide bonds. The fourth-order valence-electron chi connectivity index (χ4n) is 2.23. The summed E-state index contributed by atoms with van der Waals surface area (Å²) in [7, 11) is 0. The van der Waals surface area contributed by atoms with E-state index in [0.717, 1.165) is 32.8 Å². The zero-order chi connectivity index (χ0) is 16.2. The number of nitrogens with one attached hydrogen (secondary N) is 2. The molecule has 1 aliphatic heterocycles. The topological polar surface area (TPSA) is 59.6 Å². The summed E-state index contributed by atoms with van der Waals surface area (Å²) in [6, 6.07) is 11.1. The van der Waals surface area contributed by atoms with Crippen molar-refractivity contribution in [3.05, 3.63) is 52.0 Å². The molecule has 23 heavy (non-hydrogen) atoms. The van der Waals surface area contributed by atoms with Crippen molar-refractivity contribution in [3.63, 3.8) is 0 Å². The molecule has 3 rings (SSSR count). The summed E-state index contributed by atoms with van der Waals surface area (Å²) in [4.78, 5) is 12.0. The molecule has 0 aromatic heterocycles. The highest BCUT2D eigenvalue weighted by atomic mass is 79.9. The maximum atomic E-state index is 12.0. The average Bonchev–Trinajstić information content (AvgIpc) is 2.56. The molecule has 0 fully saturated rings. The third-order valence-corrected chi connectivity index (χ3v) is 4.34. The molecular formula is C17H17BrN2O3. The Hall–Kier alpha value is -2.21. The van der Waals surface area contributed by atoms with Gasteiger partial charge in [-0.15, -0.1) is 0 Å². The first-order valence-electron chi connectivity index (χ1n) is 7.31. The number of hydrogen-bond acceptors (Lipinski definition) is 3. The van der Waals surface area contributed by atoms with Gasteiger partial charge in [0.15, 0.2) is 11.5 Å². The number of anilines is 1. The van der Waals surface area contributed by atoms with Crippen LogP contribution in [-0.2, 0) is 6.54 Å². The van der Waals surface area contributed by atoms with E-state index in [1.807, 2.05) is 43.3 Å². The standard InChI is InChI=1S/C17H17BrN2O3/c1-11-2-4-13(9-14(11)18)20-17(21)19-10-12-3-5-15-16(8-12)23-7-6-22-15/h2-5,8-9H,6-7,10H2,1H3,(H2,19,20,21). The predicted octanol–water partition coefficient (Wildman–Crippen LogP) is 3.85. The smallest absolute Gasteiger partial charge is 0.319 e. The van der Waals surface area contributed by atoms with Crippen molar-refractivity contribution >= 4 is 27.6 Å². The van der Waals surface area contributed by atoms with Crippen LogP contribution >= 0.6 is 15.9 Å². The number of fused-ring (bicyclic) bond motifs is 1. The van der Waals surface area contributed by atoms with Gasteiger partial charge in [0.05, 0.1) is 0 Å². The van der Waals surface area contributed by atoms with Gasteiger partial charge in [-0.1, -0.05) is 28.1 Å². The van der Waals surface area contributed by atoms with Crippen molar-refractivity contribution in [3.8, 4) is 11.5 Å². The summed E-state index contributed by atoms with van der Waals surface area (Å²) in [6.45, 7) is 3.52. The van der Waals surface area contributed by atoms with Crippen molar-refractivity contribution in [1.82, 2.24) is 5.32 Å². The molecule has 6 heteroatoms. The van der Waals surface area contributed by atoms with E-state index in [1.165, 1.54) is 0 Å². The van der Waals surface area contributed by atoms with Crippen molar-refractivity contribution in [2.24, 2.45) is 0 Å². The first kappa shape index (κ1) is 15.7. The normalized spacial score (nSPS) is 12.6. The molecule has 0 spiro atoms. The van der Waals surface area contributed by atoms with Gasteiger partial charge < -0.3 is 20.1 Å². The first-order chi connectivity index (χ1) is 11.1. The largest absolute Gasteiger partial charge is 0.486 e. The van der Waals surface area contributed by atoms with E-state index in [0.29, 0.717) is 19.8 Å². The molecule has 0 unspecified atom stereocenters. The van der Waals surface area contributed by atoms with Crippen molar-refractivity contribution in [1.29, 1.82) is 0 Å². The minimum absolute atomic E-state index is 0.254. The summed E-state index contributed by atoms with van der Waals surface area (Å²) in [6.07, 6.45) is 0. The zero-order valence-electron chi connectivity index (χ0n) is 12.7. The monoisotopic (exact) mass is 376 g/mol. The van der Waals surface area contributed by atoms with Gasteiger partial charge in [0.2, 0.25) is 0 Å². The van der Waals surface area contributed by atoms with Crippen LogP contribution < -0.4 is 20.1 Å². The van der Waals surface area contributed by atoms with Gasteiger partial charge in [-0.3, -0.25) is 0 Å². The fourth-order valence-corrected chi connectivity index (χ4v) is 2.60. The third-order valence-electron chi connectivity index (χ3n) is 3.49. The minimum atomic E-state index is -0.254. The van der Waals surface area contributed by atoms with E-state index in [-0.39, 0.29) is 6.03 Å². The number of carbonyl (C=O) groups excluding carboxylic acids is 1. The van der Waals surface area contributed by atoms with Crippen LogP contribution in [0.1, 0.15) is 11.1 Å². The SMILES string of the molecule is Cc1ccc(NC(=O)NCc2ccc3c(c2)OCCO3)cc1Br. The second-order valence-electron chi connectivity index (χ2n) is 5.25. The Bertz CT molecular complexity index is 734. The quantitative estimate of drug-likeness (QED) is 0.854. The van der Waals surface area contributed by atoms with Gasteiger partial charge in [0.1, 0.15) is 13.2 Å². The molecular weight excluding hydrogens is 360 g/mol. The summed E-state index contributed by atoms with van der Waals surface area (Å²) < 4.78 is 12.0. The number of halogens is 1. The van der Waals surface area contributed by atoms with Crippen LogP contribution in [0.4, 0.5) is 10.5 Å². The molecule has 0 bridgehead atoms. The zero-order valence-corrected chi connectivity index (χ0v) is 14.3. The molecule has 0 saturated carbocycles. The Balaban J connectivity index is 1.57. The molecule has 120 valence electrons. The number of ether oxygens (including phenoxy) is 2. The van der Waals surface area contributed by atoms with Crippen molar-refractivity contribution in [2.75, 3.05) is 18.5 Å². The molecule has 0 aliphatic carbocycles. The van der Waals surface area contributed by atoms with Crippen LogP contribution in [0.5, 0.6) is 11.5 Å². The Morgan fingerprint density at radius 1 is 1.13 bits per heavy atom. The molecule has 0 atom stereocenters. The number of urea groups is 1. The van der Waals surface area contributed by atoms with Crippen LogP contribution in [-0.4, -0.2) is 19.2 Å². The molecule has 2 N–H and O–H groups in total. The maximum absolute atomic E-state index is 12.0. The number of amides is 2. The molecule has 2 aromatic rings. The van der Waals surface area contributed by atoms with E-state index in [2.05, 4.69) is 26.6 Å². The first-order valence-corrected chi connectivity index (χ1v) is 8.10. The third kappa shape index (κ3) is 3.96. The van der Waals surface area contributed by atoms with Crippen LogP contribution in [0.25, 0.3) is 0 Å². The van der Waals surface area contributed by atoms with Gasteiger partial charge >= 0.3 is 6.03 Å². The second kappa shape index (κ2) is 6.91. The highest BCUT2D eigenvalue weighted by Crippen LogP contribution is 2.30. The van der Waals surface area contributed by atoms with E-state index in [1.54, 1.807) is 0 Å². The molecule has 0 saturated heterocycles. The maximum Gasteiger partial charge on any atom is 0.319 e. The summed E-state index contributed by atoms with van der Waals surface area (Å²) >= 11 is 3.45.